The van der Waals surface area contributed by atoms with Gasteiger partial charge in [-0.3, -0.25) is 4.79 Å². The molecular formula is C19H28N4O2. The van der Waals surface area contributed by atoms with Crippen molar-refractivity contribution in [2.75, 3.05) is 6.54 Å². The highest BCUT2D eigenvalue weighted by atomic mass is 16.5. The molecule has 3 N–H and O–H groups in total. The van der Waals surface area contributed by atoms with E-state index in [-0.39, 0.29) is 11.9 Å². The highest BCUT2D eigenvalue weighted by Gasteiger charge is 2.34. The normalized spacial score (nSPS) is 12.8. The van der Waals surface area contributed by atoms with Crippen molar-refractivity contribution in [2.45, 2.75) is 53.0 Å². The van der Waals surface area contributed by atoms with E-state index >= 15 is 0 Å². The van der Waals surface area contributed by atoms with Crippen molar-refractivity contribution < 1.29 is 9.32 Å². The monoisotopic (exact) mass is 344 g/mol. The van der Waals surface area contributed by atoms with Crippen LogP contribution in [0.25, 0.3) is 11.4 Å². The highest BCUT2D eigenvalue weighted by molar-refractivity contribution is 5.83. The van der Waals surface area contributed by atoms with Gasteiger partial charge in [-0.25, -0.2) is 0 Å². The van der Waals surface area contributed by atoms with Crippen LogP contribution in [0.4, 0.5) is 0 Å². The number of benzene rings is 1. The maximum Gasteiger partial charge on any atom is 0.249 e. The predicted octanol–water partition coefficient (Wildman–Crippen LogP) is 3.24. The van der Waals surface area contributed by atoms with Crippen molar-refractivity contribution in [2.24, 2.45) is 11.1 Å². The van der Waals surface area contributed by atoms with Gasteiger partial charge in [-0.1, -0.05) is 50.2 Å². The number of rotatable bonds is 8. The Labute approximate surface area is 149 Å². The van der Waals surface area contributed by atoms with Crippen molar-refractivity contribution in [3.63, 3.8) is 0 Å². The first-order valence-electron chi connectivity index (χ1n) is 8.93. The largest absolute Gasteiger partial charge is 0.344 e. The number of carbonyl (C=O) groups excluding carboxylic acids is 1. The maximum absolute atomic E-state index is 12.6. The second kappa shape index (κ2) is 8.25. The Morgan fingerprint density at radius 1 is 1.24 bits per heavy atom. The van der Waals surface area contributed by atoms with Crippen molar-refractivity contribution in [3.8, 4) is 11.4 Å². The fourth-order valence-electron chi connectivity index (χ4n) is 2.78. The molecule has 2 rings (SSSR count). The average Bonchev–Trinajstić information content (AvgIpc) is 3.14. The van der Waals surface area contributed by atoms with Crippen LogP contribution in [0.15, 0.2) is 28.8 Å². The number of nitrogens with zero attached hydrogens (tertiary/aromatic N) is 2. The molecule has 1 aromatic heterocycles. The van der Waals surface area contributed by atoms with Crippen LogP contribution in [-0.2, 0) is 11.2 Å². The summed E-state index contributed by atoms with van der Waals surface area (Å²) in [6.45, 7) is 8.22. The van der Waals surface area contributed by atoms with Gasteiger partial charge >= 0.3 is 0 Å². The number of hydrogen-bond acceptors (Lipinski definition) is 5. The molecule has 25 heavy (non-hydrogen) atoms. The van der Waals surface area contributed by atoms with E-state index < -0.39 is 5.41 Å². The SMILES string of the molecule is CCc1ccc(-c2noc(C(C)NC(=O)C(CC)(CC)CN)n2)cc1. The van der Waals surface area contributed by atoms with E-state index in [2.05, 4.69) is 34.5 Å². The summed E-state index contributed by atoms with van der Waals surface area (Å²) < 4.78 is 5.34. The quantitative estimate of drug-likeness (QED) is 0.766. The molecule has 6 nitrogen and oxygen atoms in total. The number of aryl methyl sites for hydroxylation is 1. The number of aromatic nitrogens is 2. The van der Waals surface area contributed by atoms with Crippen LogP contribution in [0, 0.1) is 5.41 Å². The molecule has 1 amide bonds. The number of nitrogens with two attached hydrogens (primary N) is 1. The fourth-order valence-corrected chi connectivity index (χ4v) is 2.78. The Bertz CT molecular complexity index is 681. The Hall–Kier alpha value is -2.21. The number of hydrogen-bond donors (Lipinski definition) is 2. The second-order valence-corrected chi connectivity index (χ2v) is 6.39. The van der Waals surface area contributed by atoms with E-state index in [4.69, 9.17) is 10.3 Å². The van der Waals surface area contributed by atoms with Crippen molar-refractivity contribution in [1.82, 2.24) is 15.5 Å². The first kappa shape index (κ1) is 19.1. The summed E-state index contributed by atoms with van der Waals surface area (Å²) >= 11 is 0. The zero-order valence-corrected chi connectivity index (χ0v) is 15.5. The molecule has 0 radical (unpaired) electrons. The van der Waals surface area contributed by atoms with Gasteiger partial charge in [0.1, 0.15) is 6.04 Å². The molecule has 1 unspecified atom stereocenters. The molecule has 6 heteroatoms. The summed E-state index contributed by atoms with van der Waals surface area (Å²) in [7, 11) is 0. The minimum absolute atomic E-state index is 0.0699. The molecule has 2 aromatic rings. The molecule has 0 fully saturated rings. The summed E-state index contributed by atoms with van der Waals surface area (Å²) in [6.07, 6.45) is 2.37. The van der Waals surface area contributed by atoms with E-state index in [0.717, 1.165) is 12.0 Å². The van der Waals surface area contributed by atoms with Gasteiger partial charge in [0.15, 0.2) is 0 Å². The van der Waals surface area contributed by atoms with E-state index in [1.165, 1.54) is 5.56 Å². The van der Waals surface area contributed by atoms with Gasteiger partial charge < -0.3 is 15.6 Å². The summed E-state index contributed by atoms with van der Waals surface area (Å²) in [5.41, 5.74) is 7.43. The van der Waals surface area contributed by atoms with E-state index in [0.29, 0.717) is 31.1 Å². The van der Waals surface area contributed by atoms with E-state index in [1.54, 1.807) is 0 Å². The van der Waals surface area contributed by atoms with Crippen LogP contribution >= 0.6 is 0 Å². The summed E-state index contributed by atoms with van der Waals surface area (Å²) in [5, 5.41) is 6.99. The molecule has 1 aromatic carbocycles. The maximum atomic E-state index is 12.6. The lowest BCUT2D eigenvalue weighted by atomic mass is 9.81. The molecule has 0 saturated heterocycles. The van der Waals surface area contributed by atoms with Gasteiger partial charge in [0.25, 0.3) is 0 Å². The third kappa shape index (κ3) is 4.07. The molecule has 1 heterocycles. The van der Waals surface area contributed by atoms with Crippen LogP contribution in [-0.4, -0.2) is 22.6 Å². The van der Waals surface area contributed by atoms with Gasteiger partial charge in [0.2, 0.25) is 17.6 Å². The van der Waals surface area contributed by atoms with Crippen LogP contribution in [0.3, 0.4) is 0 Å². The first-order chi connectivity index (χ1) is 12.0. The Morgan fingerprint density at radius 2 is 1.88 bits per heavy atom. The molecule has 0 aliphatic rings. The predicted molar refractivity (Wildman–Crippen MR) is 97.7 cm³/mol. The van der Waals surface area contributed by atoms with Gasteiger partial charge in [-0.05, 0) is 31.7 Å². The number of amides is 1. The lowest BCUT2D eigenvalue weighted by Crippen LogP contribution is -2.46. The number of nitrogens with one attached hydrogen (secondary N) is 1. The topological polar surface area (TPSA) is 94.0 Å². The molecular weight excluding hydrogens is 316 g/mol. The summed E-state index contributed by atoms with van der Waals surface area (Å²) in [5.74, 6) is 0.843. The van der Waals surface area contributed by atoms with E-state index in [1.807, 2.05) is 32.9 Å². The number of carbonyl (C=O) groups is 1. The summed E-state index contributed by atoms with van der Waals surface area (Å²) in [6, 6.07) is 7.69. The van der Waals surface area contributed by atoms with E-state index in [9.17, 15) is 4.79 Å². The molecule has 0 spiro atoms. The standard InChI is InChI=1S/C19H28N4O2/c1-5-14-8-10-15(11-9-14)16-22-17(25-23-16)13(4)21-18(24)19(6-2,7-3)12-20/h8-11,13H,5-7,12,20H2,1-4H3,(H,21,24). The zero-order chi connectivity index (χ0) is 18.4. The molecule has 0 saturated carbocycles. The van der Waals surface area contributed by atoms with Gasteiger partial charge in [0.05, 0.1) is 5.41 Å². The smallest absolute Gasteiger partial charge is 0.249 e. The Kier molecular flexibility index (Phi) is 6.31. The lowest BCUT2D eigenvalue weighted by molar-refractivity contribution is -0.131. The second-order valence-electron chi connectivity index (χ2n) is 6.39. The first-order valence-corrected chi connectivity index (χ1v) is 8.93. The Balaban J connectivity index is 2.11. The third-order valence-electron chi connectivity index (χ3n) is 5.01. The van der Waals surface area contributed by atoms with Crippen molar-refractivity contribution in [1.29, 1.82) is 0 Å². The van der Waals surface area contributed by atoms with Gasteiger partial charge in [-0.15, -0.1) is 0 Å². The van der Waals surface area contributed by atoms with Crippen molar-refractivity contribution >= 4 is 5.91 Å². The van der Waals surface area contributed by atoms with Gasteiger partial charge in [0, 0.05) is 12.1 Å². The minimum atomic E-state index is -0.549. The minimum Gasteiger partial charge on any atom is -0.344 e. The molecule has 1 atom stereocenters. The van der Waals surface area contributed by atoms with Gasteiger partial charge in [-0.2, -0.15) is 4.98 Å². The molecule has 136 valence electrons. The zero-order valence-electron chi connectivity index (χ0n) is 15.5. The van der Waals surface area contributed by atoms with Crippen LogP contribution in [0.2, 0.25) is 0 Å². The molecule has 0 bridgehead atoms. The third-order valence-corrected chi connectivity index (χ3v) is 5.01. The van der Waals surface area contributed by atoms with Crippen LogP contribution < -0.4 is 11.1 Å². The summed E-state index contributed by atoms with van der Waals surface area (Å²) in [4.78, 5) is 17.0. The molecule has 0 aliphatic heterocycles. The van der Waals surface area contributed by atoms with Crippen LogP contribution in [0.1, 0.15) is 58.0 Å². The molecule has 0 aliphatic carbocycles. The average molecular weight is 344 g/mol. The Morgan fingerprint density at radius 3 is 2.40 bits per heavy atom. The lowest BCUT2D eigenvalue weighted by Gasteiger charge is -2.29. The van der Waals surface area contributed by atoms with Crippen molar-refractivity contribution in [3.05, 3.63) is 35.7 Å². The fraction of sp³-hybridized carbons (Fsp3) is 0.526. The highest BCUT2D eigenvalue weighted by Crippen LogP contribution is 2.27. The van der Waals surface area contributed by atoms with Crippen LogP contribution in [0.5, 0.6) is 0 Å².